The standard InChI is InChI=1S/C16H26ClN3O/c1-4-20(5-2)12-6-7-13(3)18-16(21)19-15-10-8-14(17)9-11-15/h8-11,13H,4-7,12H2,1-3H3,(H2,18,19,21). The Balaban J connectivity index is 2.25. The number of hydrogen-bond acceptors (Lipinski definition) is 2. The lowest BCUT2D eigenvalue weighted by molar-refractivity contribution is 0.247. The molecule has 0 saturated heterocycles. The molecule has 0 aliphatic rings. The van der Waals surface area contributed by atoms with E-state index in [4.69, 9.17) is 11.6 Å². The van der Waals surface area contributed by atoms with Gasteiger partial charge in [0.1, 0.15) is 0 Å². The highest BCUT2D eigenvalue weighted by Crippen LogP contribution is 2.13. The molecule has 4 nitrogen and oxygen atoms in total. The van der Waals surface area contributed by atoms with Crippen molar-refractivity contribution in [2.45, 2.75) is 39.7 Å². The molecule has 0 bridgehead atoms. The van der Waals surface area contributed by atoms with Crippen LogP contribution in [0.15, 0.2) is 24.3 Å². The van der Waals surface area contributed by atoms with Gasteiger partial charge in [0.25, 0.3) is 0 Å². The quantitative estimate of drug-likeness (QED) is 0.763. The van der Waals surface area contributed by atoms with Crippen molar-refractivity contribution in [1.29, 1.82) is 0 Å². The van der Waals surface area contributed by atoms with Crippen molar-refractivity contribution in [3.8, 4) is 0 Å². The summed E-state index contributed by atoms with van der Waals surface area (Å²) in [5, 5.41) is 6.41. The van der Waals surface area contributed by atoms with Crippen LogP contribution < -0.4 is 10.6 Å². The van der Waals surface area contributed by atoms with Gasteiger partial charge in [-0.1, -0.05) is 25.4 Å². The zero-order valence-corrected chi connectivity index (χ0v) is 13.9. The monoisotopic (exact) mass is 311 g/mol. The van der Waals surface area contributed by atoms with Gasteiger partial charge in [-0.05, 0) is 63.7 Å². The van der Waals surface area contributed by atoms with Crippen LogP contribution in [0.25, 0.3) is 0 Å². The molecular formula is C16H26ClN3O. The maximum Gasteiger partial charge on any atom is 0.319 e. The zero-order chi connectivity index (χ0) is 15.7. The summed E-state index contributed by atoms with van der Waals surface area (Å²) in [7, 11) is 0. The molecule has 0 aliphatic heterocycles. The number of rotatable bonds is 8. The second kappa shape index (κ2) is 9.64. The number of nitrogens with zero attached hydrogens (tertiary/aromatic N) is 1. The molecule has 2 amide bonds. The normalized spacial score (nSPS) is 12.2. The number of urea groups is 1. The highest BCUT2D eigenvalue weighted by molar-refractivity contribution is 6.30. The molecule has 0 radical (unpaired) electrons. The first kappa shape index (κ1) is 17.8. The minimum atomic E-state index is -0.173. The number of amides is 2. The molecule has 118 valence electrons. The van der Waals surface area contributed by atoms with Crippen LogP contribution in [0, 0.1) is 0 Å². The molecule has 0 aliphatic carbocycles. The Kier molecular flexibility index (Phi) is 8.16. The van der Waals surface area contributed by atoms with Crippen LogP contribution in [0.5, 0.6) is 0 Å². The number of nitrogens with one attached hydrogen (secondary N) is 2. The molecule has 1 aromatic rings. The van der Waals surface area contributed by atoms with Crippen LogP contribution in [-0.4, -0.2) is 36.6 Å². The van der Waals surface area contributed by atoms with Crippen molar-refractivity contribution in [3.05, 3.63) is 29.3 Å². The van der Waals surface area contributed by atoms with Crippen LogP contribution in [0.2, 0.25) is 5.02 Å². The van der Waals surface area contributed by atoms with Crippen molar-refractivity contribution >= 4 is 23.3 Å². The molecule has 0 spiro atoms. The van der Waals surface area contributed by atoms with E-state index in [-0.39, 0.29) is 12.1 Å². The van der Waals surface area contributed by atoms with E-state index in [1.165, 1.54) is 0 Å². The van der Waals surface area contributed by atoms with E-state index in [9.17, 15) is 4.79 Å². The lowest BCUT2D eigenvalue weighted by Crippen LogP contribution is -2.36. The fourth-order valence-electron chi connectivity index (χ4n) is 2.16. The van der Waals surface area contributed by atoms with E-state index < -0.39 is 0 Å². The summed E-state index contributed by atoms with van der Waals surface area (Å²) in [4.78, 5) is 14.2. The first-order valence-corrected chi connectivity index (χ1v) is 7.98. The van der Waals surface area contributed by atoms with Gasteiger partial charge in [-0.25, -0.2) is 4.79 Å². The molecule has 1 unspecified atom stereocenters. The fraction of sp³-hybridized carbons (Fsp3) is 0.562. The van der Waals surface area contributed by atoms with E-state index in [2.05, 4.69) is 29.4 Å². The Morgan fingerprint density at radius 2 is 1.86 bits per heavy atom. The van der Waals surface area contributed by atoms with Crippen LogP contribution in [0.3, 0.4) is 0 Å². The highest BCUT2D eigenvalue weighted by atomic mass is 35.5. The van der Waals surface area contributed by atoms with E-state index in [0.717, 1.165) is 38.2 Å². The van der Waals surface area contributed by atoms with Crippen molar-refractivity contribution in [2.75, 3.05) is 25.0 Å². The van der Waals surface area contributed by atoms with E-state index in [1.54, 1.807) is 24.3 Å². The number of halogens is 1. The summed E-state index contributed by atoms with van der Waals surface area (Å²) in [6.45, 7) is 9.61. The third-order valence-electron chi connectivity index (χ3n) is 3.49. The Labute approximate surface area is 132 Å². The summed E-state index contributed by atoms with van der Waals surface area (Å²) >= 11 is 5.81. The first-order chi connectivity index (χ1) is 10.0. The van der Waals surface area contributed by atoms with Gasteiger partial charge in [0.15, 0.2) is 0 Å². The minimum absolute atomic E-state index is 0.160. The lowest BCUT2D eigenvalue weighted by atomic mass is 10.2. The number of anilines is 1. The second-order valence-electron chi connectivity index (χ2n) is 5.18. The molecule has 2 N–H and O–H groups in total. The fourth-order valence-corrected chi connectivity index (χ4v) is 2.28. The van der Waals surface area contributed by atoms with Gasteiger partial charge in [-0.2, -0.15) is 0 Å². The zero-order valence-electron chi connectivity index (χ0n) is 13.2. The summed E-state index contributed by atoms with van der Waals surface area (Å²) in [5.74, 6) is 0. The molecule has 0 fully saturated rings. The van der Waals surface area contributed by atoms with E-state index in [0.29, 0.717) is 5.02 Å². The lowest BCUT2D eigenvalue weighted by Gasteiger charge is -2.20. The maximum atomic E-state index is 11.9. The minimum Gasteiger partial charge on any atom is -0.335 e. The molecule has 21 heavy (non-hydrogen) atoms. The van der Waals surface area contributed by atoms with Crippen molar-refractivity contribution in [1.82, 2.24) is 10.2 Å². The SMILES string of the molecule is CCN(CC)CCCC(C)NC(=O)Nc1ccc(Cl)cc1. The summed E-state index contributed by atoms with van der Waals surface area (Å²) in [6, 6.07) is 7.07. The van der Waals surface area contributed by atoms with Gasteiger partial charge >= 0.3 is 6.03 Å². The maximum absolute atomic E-state index is 11.9. The number of carbonyl (C=O) groups is 1. The smallest absolute Gasteiger partial charge is 0.319 e. The van der Waals surface area contributed by atoms with Gasteiger partial charge in [0.05, 0.1) is 0 Å². The third kappa shape index (κ3) is 7.34. The molecule has 0 heterocycles. The first-order valence-electron chi connectivity index (χ1n) is 7.60. The number of carbonyl (C=O) groups excluding carboxylic acids is 1. The van der Waals surface area contributed by atoms with Gasteiger partial charge in [0, 0.05) is 16.8 Å². The summed E-state index contributed by atoms with van der Waals surface area (Å²) in [5.41, 5.74) is 0.743. The Hall–Kier alpha value is -1.26. The second-order valence-corrected chi connectivity index (χ2v) is 5.61. The van der Waals surface area contributed by atoms with Crippen molar-refractivity contribution in [2.24, 2.45) is 0 Å². The Morgan fingerprint density at radius 3 is 2.43 bits per heavy atom. The van der Waals surface area contributed by atoms with Gasteiger partial charge in [0.2, 0.25) is 0 Å². The van der Waals surface area contributed by atoms with Crippen LogP contribution in [0.4, 0.5) is 10.5 Å². The largest absolute Gasteiger partial charge is 0.335 e. The van der Waals surface area contributed by atoms with E-state index >= 15 is 0 Å². The predicted octanol–water partition coefficient (Wildman–Crippen LogP) is 3.97. The van der Waals surface area contributed by atoms with Crippen molar-refractivity contribution < 1.29 is 4.79 Å². The molecule has 1 rings (SSSR count). The summed E-state index contributed by atoms with van der Waals surface area (Å²) in [6.07, 6.45) is 2.06. The molecule has 1 atom stereocenters. The van der Waals surface area contributed by atoms with E-state index in [1.807, 2.05) is 6.92 Å². The summed E-state index contributed by atoms with van der Waals surface area (Å²) < 4.78 is 0. The molecule has 5 heteroatoms. The Bertz CT molecular complexity index is 418. The average molecular weight is 312 g/mol. The number of benzene rings is 1. The van der Waals surface area contributed by atoms with Gasteiger partial charge < -0.3 is 15.5 Å². The third-order valence-corrected chi connectivity index (χ3v) is 3.74. The van der Waals surface area contributed by atoms with Gasteiger partial charge in [-0.3, -0.25) is 0 Å². The molecule has 1 aromatic carbocycles. The van der Waals surface area contributed by atoms with Gasteiger partial charge in [-0.15, -0.1) is 0 Å². The van der Waals surface area contributed by atoms with Crippen LogP contribution >= 0.6 is 11.6 Å². The van der Waals surface area contributed by atoms with Crippen LogP contribution in [0.1, 0.15) is 33.6 Å². The molecular weight excluding hydrogens is 286 g/mol. The highest BCUT2D eigenvalue weighted by Gasteiger charge is 2.08. The predicted molar refractivity (Wildman–Crippen MR) is 90.1 cm³/mol. The van der Waals surface area contributed by atoms with Crippen LogP contribution in [-0.2, 0) is 0 Å². The molecule has 0 saturated carbocycles. The average Bonchev–Trinajstić information content (AvgIpc) is 2.46. The molecule has 0 aromatic heterocycles. The Morgan fingerprint density at radius 1 is 1.24 bits per heavy atom. The topological polar surface area (TPSA) is 44.4 Å². The van der Waals surface area contributed by atoms with Crippen molar-refractivity contribution in [3.63, 3.8) is 0 Å². The number of hydrogen-bond donors (Lipinski definition) is 2.